The number of anilines is 1. The Morgan fingerprint density at radius 3 is 2.83 bits per heavy atom. The van der Waals surface area contributed by atoms with Crippen molar-refractivity contribution in [3.8, 4) is 11.5 Å². The van der Waals surface area contributed by atoms with E-state index in [1.807, 2.05) is 30.3 Å². The fourth-order valence-corrected chi connectivity index (χ4v) is 3.01. The second kappa shape index (κ2) is 6.93. The summed E-state index contributed by atoms with van der Waals surface area (Å²) in [6.07, 6.45) is 1.61. The number of carbonyl (C=O) groups is 1. The molecule has 1 N–H and O–H groups in total. The summed E-state index contributed by atoms with van der Waals surface area (Å²) in [7, 11) is 0. The van der Waals surface area contributed by atoms with Gasteiger partial charge in [0.2, 0.25) is 11.8 Å². The molecule has 1 amide bonds. The first-order valence-electron chi connectivity index (χ1n) is 6.62. The molecule has 0 atom stereocenters. The van der Waals surface area contributed by atoms with E-state index in [4.69, 9.17) is 4.42 Å². The maximum absolute atomic E-state index is 11.2. The Labute approximate surface area is 144 Å². The third-order valence-electron chi connectivity index (χ3n) is 2.77. The summed E-state index contributed by atoms with van der Waals surface area (Å²) in [4.78, 5) is 16.1. The SMILES string of the molecule is CC(=O)Nc1ncccc1Sc1nnc(-c2ccccc2Br)o1. The lowest BCUT2D eigenvalue weighted by molar-refractivity contribution is -0.114. The number of rotatable bonds is 4. The van der Waals surface area contributed by atoms with Crippen LogP contribution in [-0.2, 0) is 4.79 Å². The van der Waals surface area contributed by atoms with Crippen LogP contribution in [0, 0.1) is 0 Å². The zero-order valence-electron chi connectivity index (χ0n) is 12.0. The highest BCUT2D eigenvalue weighted by Crippen LogP contribution is 2.34. The number of nitrogens with zero attached hydrogens (tertiary/aromatic N) is 3. The number of pyridine rings is 1. The number of hydrogen-bond acceptors (Lipinski definition) is 6. The monoisotopic (exact) mass is 390 g/mol. The smallest absolute Gasteiger partial charge is 0.281 e. The minimum absolute atomic E-state index is 0.190. The van der Waals surface area contributed by atoms with Crippen LogP contribution in [0.3, 0.4) is 0 Å². The molecule has 2 aromatic heterocycles. The highest BCUT2D eigenvalue weighted by Gasteiger charge is 2.14. The molecular formula is C15H11BrN4O2S. The van der Waals surface area contributed by atoms with Crippen molar-refractivity contribution in [2.24, 2.45) is 0 Å². The number of benzene rings is 1. The molecule has 3 rings (SSSR count). The normalized spacial score (nSPS) is 10.5. The lowest BCUT2D eigenvalue weighted by Gasteiger charge is -2.05. The van der Waals surface area contributed by atoms with Gasteiger partial charge in [0, 0.05) is 17.6 Å². The van der Waals surface area contributed by atoms with E-state index in [1.54, 1.807) is 12.3 Å². The number of halogens is 1. The summed E-state index contributed by atoms with van der Waals surface area (Å²) in [5.41, 5.74) is 0.820. The van der Waals surface area contributed by atoms with E-state index >= 15 is 0 Å². The molecule has 1 aromatic carbocycles. The summed E-state index contributed by atoms with van der Waals surface area (Å²) >= 11 is 4.70. The Morgan fingerprint density at radius 2 is 2.04 bits per heavy atom. The van der Waals surface area contributed by atoms with Crippen molar-refractivity contribution >= 4 is 39.4 Å². The molecule has 116 valence electrons. The van der Waals surface area contributed by atoms with Gasteiger partial charge in [-0.05, 0) is 52.0 Å². The fraction of sp³-hybridized carbons (Fsp3) is 0.0667. The summed E-state index contributed by atoms with van der Waals surface area (Å²) < 4.78 is 6.56. The second-order valence-corrected chi connectivity index (χ2v) is 6.33. The molecule has 8 heteroatoms. The molecule has 0 fully saturated rings. The van der Waals surface area contributed by atoms with Gasteiger partial charge in [0.25, 0.3) is 5.22 Å². The topological polar surface area (TPSA) is 80.9 Å². The van der Waals surface area contributed by atoms with E-state index in [2.05, 4.69) is 36.4 Å². The minimum Gasteiger partial charge on any atom is -0.411 e. The third-order valence-corrected chi connectivity index (χ3v) is 4.35. The van der Waals surface area contributed by atoms with Gasteiger partial charge in [-0.15, -0.1) is 10.2 Å². The first-order chi connectivity index (χ1) is 11.1. The van der Waals surface area contributed by atoms with Crippen LogP contribution < -0.4 is 5.32 Å². The fourth-order valence-electron chi connectivity index (χ4n) is 1.82. The number of aromatic nitrogens is 3. The molecule has 0 unspecified atom stereocenters. The highest BCUT2D eigenvalue weighted by molar-refractivity contribution is 9.10. The standard InChI is InChI=1S/C15H11BrN4O2S/c1-9(21)18-13-12(7-4-8-17-13)23-15-20-19-14(22-15)10-5-2-3-6-11(10)16/h2-8H,1H3,(H,17,18,21). The maximum Gasteiger partial charge on any atom is 0.281 e. The molecule has 3 aromatic rings. The van der Waals surface area contributed by atoms with Gasteiger partial charge < -0.3 is 9.73 Å². The van der Waals surface area contributed by atoms with E-state index < -0.39 is 0 Å². The first kappa shape index (κ1) is 15.7. The molecule has 6 nitrogen and oxygen atoms in total. The Bertz CT molecular complexity index is 853. The van der Waals surface area contributed by atoms with Gasteiger partial charge in [0.1, 0.15) is 5.82 Å². The Kier molecular flexibility index (Phi) is 4.73. The molecule has 2 heterocycles. The van der Waals surface area contributed by atoms with Gasteiger partial charge in [-0.1, -0.05) is 12.1 Å². The number of nitrogens with one attached hydrogen (secondary N) is 1. The second-order valence-electron chi connectivity index (χ2n) is 4.49. The van der Waals surface area contributed by atoms with Crippen LogP contribution in [0.1, 0.15) is 6.92 Å². The average Bonchev–Trinajstić information content (AvgIpc) is 2.97. The van der Waals surface area contributed by atoms with E-state index in [9.17, 15) is 4.79 Å². The van der Waals surface area contributed by atoms with Crippen LogP contribution in [0.5, 0.6) is 0 Å². The van der Waals surface area contributed by atoms with Crippen molar-refractivity contribution in [3.63, 3.8) is 0 Å². The van der Waals surface area contributed by atoms with Crippen LogP contribution in [0.25, 0.3) is 11.5 Å². The quantitative estimate of drug-likeness (QED) is 0.724. The molecule has 0 saturated heterocycles. The van der Waals surface area contributed by atoms with E-state index in [0.29, 0.717) is 16.9 Å². The Morgan fingerprint density at radius 1 is 1.22 bits per heavy atom. The van der Waals surface area contributed by atoms with Crippen molar-refractivity contribution in [1.29, 1.82) is 0 Å². The largest absolute Gasteiger partial charge is 0.411 e. The van der Waals surface area contributed by atoms with Crippen molar-refractivity contribution < 1.29 is 9.21 Å². The zero-order chi connectivity index (χ0) is 16.2. The summed E-state index contributed by atoms with van der Waals surface area (Å²) in [6.45, 7) is 1.43. The predicted octanol–water partition coefficient (Wildman–Crippen LogP) is 4.00. The van der Waals surface area contributed by atoms with E-state index in [1.165, 1.54) is 18.7 Å². The first-order valence-corrected chi connectivity index (χ1v) is 8.23. The summed E-state index contributed by atoms with van der Waals surface area (Å²) in [5, 5.41) is 11.1. The lowest BCUT2D eigenvalue weighted by atomic mass is 10.2. The van der Waals surface area contributed by atoms with Crippen molar-refractivity contribution in [2.75, 3.05) is 5.32 Å². The Balaban J connectivity index is 1.86. The van der Waals surface area contributed by atoms with Gasteiger partial charge >= 0.3 is 0 Å². The Hall–Kier alpha value is -2.19. The molecule has 0 saturated carbocycles. The van der Waals surface area contributed by atoms with Crippen LogP contribution in [0.4, 0.5) is 5.82 Å². The van der Waals surface area contributed by atoms with Crippen LogP contribution >= 0.6 is 27.7 Å². The van der Waals surface area contributed by atoms with Gasteiger partial charge in [-0.25, -0.2) is 4.98 Å². The van der Waals surface area contributed by atoms with E-state index in [-0.39, 0.29) is 5.91 Å². The molecule has 0 aliphatic carbocycles. The third kappa shape index (κ3) is 3.77. The van der Waals surface area contributed by atoms with E-state index in [0.717, 1.165) is 14.9 Å². The van der Waals surface area contributed by atoms with Gasteiger partial charge in [-0.3, -0.25) is 4.79 Å². The van der Waals surface area contributed by atoms with Gasteiger partial charge in [0.15, 0.2) is 0 Å². The predicted molar refractivity (Wildman–Crippen MR) is 90.1 cm³/mol. The zero-order valence-corrected chi connectivity index (χ0v) is 14.4. The molecular weight excluding hydrogens is 380 g/mol. The number of amides is 1. The number of carbonyl (C=O) groups excluding carboxylic acids is 1. The summed E-state index contributed by atoms with van der Waals surface area (Å²) in [5.74, 6) is 0.695. The minimum atomic E-state index is -0.190. The maximum atomic E-state index is 11.2. The van der Waals surface area contributed by atoms with Crippen LogP contribution in [0.2, 0.25) is 0 Å². The summed E-state index contributed by atoms with van der Waals surface area (Å²) in [6, 6.07) is 11.2. The average molecular weight is 391 g/mol. The van der Waals surface area contributed by atoms with Gasteiger partial charge in [0.05, 0.1) is 10.5 Å². The number of hydrogen-bond donors (Lipinski definition) is 1. The molecule has 0 aliphatic heterocycles. The van der Waals surface area contributed by atoms with Crippen LogP contribution in [-0.4, -0.2) is 21.1 Å². The van der Waals surface area contributed by atoms with Gasteiger partial charge in [-0.2, -0.15) is 0 Å². The molecule has 23 heavy (non-hydrogen) atoms. The van der Waals surface area contributed by atoms with Crippen molar-refractivity contribution in [1.82, 2.24) is 15.2 Å². The molecule has 0 radical (unpaired) electrons. The lowest BCUT2D eigenvalue weighted by Crippen LogP contribution is -2.08. The molecule has 0 spiro atoms. The molecule has 0 aliphatic rings. The molecule has 0 bridgehead atoms. The van der Waals surface area contributed by atoms with Crippen molar-refractivity contribution in [2.45, 2.75) is 17.0 Å². The highest BCUT2D eigenvalue weighted by atomic mass is 79.9. The van der Waals surface area contributed by atoms with Crippen LogP contribution in [0.15, 0.2) is 61.6 Å². The van der Waals surface area contributed by atoms with Crippen molar-refractivity contribution in [3.05, 3.63) is 47.1 Å².